The summed E-state index contributed by atoms with van der Waals surface area (Å²) in [7, 11) is 0. The van der Waals surface area contributed by atoms with Gasteiger partial charge in [-0.1, -0.05) is 6.07 Å². The number of carbonyl (C=O) groups is 1. The smallest absolute Gasteiger partial charge is 0.150 e. The SMILES string of the molecule is CSc1ccc(C=O)c(C)c1C#N. The number of nitriles is 1. The summed E-state index contributed by atoms with van der Waals surface area (Å²) in [6, 6.07) is 5.66. The minimum atomic E-state index is 0.592. The molecule has 0 bridgehead atoms. The lowest BCUT2D eigenvalue weighted by atomic mass is 10.0. The first kappa shape index (κ1) is 9.82. The number of thioether (sulfide) groups is 1. The van der Waals surface area contributed by atoms with Gasteiger partial charge in [0.05, 0.1) is 5.56 Å². The van der Waals surface area contributed by atoms with Gasteiger partial charge in [0.25, 0.3) is 0 Å². The van der Waals surface area contributed by atoms with Gasteiger partial charge < -0.3 is 0 Å². The maximum atomic E-state index is 10.6. The molecule has 0 fully saturated rings. The Balaban J connectivity index is 3.42. The molecule has 0 radical (unpaired) electrons. The summed E-state index contributed by atoms with van der Waals surface area (Å²) in [6.07, 6.45) is 2.69. The molecule has 0 amide bonds. The van der Waals surface area contributed by atoms with Gasteiger partial charge in [-0.15, -0.1) is 11.8 Å². The van der Waals surface area contributed by atoms with Crippen molar-refractivity contribution in [2.24, 2.45) is 0 Å². The summed E-state index contributed by atoms with van der Waals surface area (Å²) in [5.41, 5.74) is 1.97. The minimum absolute atomic E-state index is 0.592. The van der Waals surface area contributed by atoms with Crippen LogP contribution in [0.1, 0.15) is 21.5 Å². The monoisotopic (exact) mass is 191 g/mol. The highest BCUT2D eigenvalue weighted by atomic mass is 32.2. The van der Waals surface area contributed by atoms with Crippen molar-refractivity contribution in [2.45, 2.75) is 11.8 Å². The summed E-state index contributed by atoms with van der Waals surface area (Å²) >= 11 is 1.51. The standard InChI is InChI=1S/C10H9NOS/c1-7-8(6-12)3-4-10(13-2)9(7)5-11/h3-4,6H,1-2H3. The highest BCUT2D eigenvalue weighted by molar-refractivity contribution is 7.98. The number of aldehydes is 1. The fourth-order valence-electron chi connectivity index (χ4n) is 1.14. The maximum absolute atomic E-state index is 10.6. The average Bonchev–Trinajstić information content (AvgIpc) is 2.17. The van der Waals surface area contributed by atoms with Crippen LogP contribution in [0.3, 0.4) is 0 Å². The third-order valence-electron chi connectivity index (χ3n) is 1.93. The van der Waals surface area contributed by atoms with Gasteiger partial charge in [0, 0.05) is 10.5 Å². The second-order valence-electron chi connectivity index (χ2n) is 2.59. The van der Waals surface area contributed by atoms with Crippen LogP contribution >= 0.6 is 11.8 Å². The van der Waals surface area contributed by atoms with Crippen LogP contribution in [0.4, 0.5) is 0 Å². The lowest BCUT2D eigenvalue weighted by Crippen LogP contribution is -1.92. The van der Waals surface area contributed by atoms with E-state index in [-0.39, 0.29) is 0 Å². The van der Waals surface area contributed by atoms with Crippen molar-refractivity contribution in [1.29, 1.82) is 5.26 Å². The molecular weight excluding hydrogens is 182 g/mol. The Morgan fingerprint density at radius 2 is 2.23 bits per heavy atom. The molecule has 0 aliphatic heterocycles. The Bertz CT molecular complexity index is 379. The van der Waals surface area contributed by atoms with Crippen LogP contribution in [0.2, 0.25) is 0 Å². The van der Waals surface area contributed by atoms with E-state index in [0.29, 0.717) is 11.1 Å². The van der Waals surface area contributed by atoms with E-state index in [1.165, 1.54) is 11.8 Å². The largest absolute Gasteiger partial charge is 0.298 e. The first-order valence-electron chi connectivity index (χ1n) is 3.77. The van der Waals surface area contributed by atoms with Gasteiger partial charge >= 0.3 is 0 Å². The van der Waals surface area contributed by atoms with Crippen molar-refractivity contribution in [1.82, 2.24) is 0 Å². The van der Waals surface area contributed by atoms with E-state index >= 15 is 0 Å². The molecule has 0 unspecified atom stereocenters. The lowest BCUT2D eigenvalue weighted by molar-refractivity contribution is 0.112. The summed E-state index contributed by atoms with van der Waals surface area (Å²) in [6.45, 7) is 1.79. The van der Waals surface area contributed by atoms with E-state index in [2.05, 4.69) is 6.07 Å². The molecule has 0 atom stereocenters. The Morgan fingerprint density at radius 3 is 2.69 bits per heavy atom. The maximum Gasteiger partial charge on any atom is 0.150 e. The zero-order valence-electron chi connectivity index (χ0n) is 7.50. The zero-order chi connectivity index (χ0) is 9.84. The molecule has 0 heterocycles. The molecular formula is C10H9NOS. The molecule has 0 saturated heterocycles. The summed E-state index contributed by atoms with van der Waals surface area (Å²) in [4.78, 5) is 11.5. The number of hydrogen-bond acceptors (Lipinski definition) is 3. The Hall–Kier alpha value is -1.27. The van der Waals surface area contributed by atoms with Crippen molar-refractivity contribution in [3.8, 4) is 6.07 Å². The molecule has 1 rings (SSSR count). The van der Waals surface area contributed by atoms with E-state index in [0.717, 1.165) is 16.7 Å². The van der Waals surface area contributed by atoms with Crippen LogP contribution in [0.5, 0.6) is 0 Å². The van der Waals surface area contributed by atoms with Gasteiger partial charge in [0.15, 0.2) is 0 Å². The Morgan fingerprint density at radius 1 is 1.54 bits per heavy atom. The molecule has 0 spiro atoms. The third-order valence-corrected chi connectivity index (χ3v) is 2.71. The van der Waals surface area contributed by atoms with Crippen LogP contribution in [-0.4, -0.2) is 12.5 Å². The van der Waals surface area contributed by atoms with Crippen LogP contribution in [0.25, 0.3) is 0 Å². The van der Waals surface area contributed by atoms with Crippen LogP contribution in [-0.2, 0) is 0 Å². The average molecular weight is 191 g/mol. The molecule has 1 aromatic rings. The normalized spacial score (nSPS) is 9.31. The molecule has 0 N–H and O–H groups in total. The van der Waals surface area contributed by atoms with Gasteiger partial charge in [-0.3, -0.25) is 4.79 Å². The third kappa shape index (κ3) is 1.73. The van der Waals surface area contributed by atoms with Crippen molar-refractivity contribution in [2.75, 3.05) is 6.26 Å². The van der Waals surface area contributed by atoms with Gasteiger partial charge in [-0.05, 0) is 24.8 Å². The molecule has 13 heavy (non-hydrogen) atoms. The quantitative estimate of drug-likeness (QED) is 0.532. The van der Waals surface area contributed by atoms with E-state index in [9.17, 15) is 4.79 Å². The molecule has 3 heteroatoms. The van der Waals surface area contributed by atoms with E-state index in [1.54, 1.807) is 19.1 Å². The molecule has 0 aliphatic carbocycles. The van der Waals surface area contributed by atoms with Gasteiger partial charge in [0.1, 0.15) is 12.4 Å². The predicted octanol–water partition coefficient (Wildman–Crippen LogP) is 2.40. The minimum Gasteiger partial charge on any atom is -0.298 e. The van der Waals surface area contributed by atoms with Crippen LogP contribution < -0.4 is 0 Å². The summed E-state index contributed by atoms with van der Waals surface area (Å²) in [5.74, 6) is 0. The fraction of sp³-hybridized carbons (Fsp3) is 0.200. The van der Waals surface area contributed by atoms with E-state index in [4.69, 9.17) is 5.26 Å². The van der Waals surface area contributed by atoms with Crippen molar-refractivity contribution in [3.05, 3.63) is 28.8 Å². The first-order valence-corrected chi connectivity index (χ1v) is 5.00. The second kappa shape index (κ2) is 4.11. The zero-order valence-corrected chi connectivity index (χ0v) is 8.31. The Kier molecular flexibility index (Phi) is 3.10. The molecule has 1 aromatic carbocycles. The number of hydrogen-bond donors (Lipinski definition) is 0. The molecule has 2 nitrogen and oxygen atoms in total. The van der Waals surface area contributed by atoms with Gasteiger partial charge in [0.2, 0.25) is 0 Å². The highest BCUT2D eigenvalue weighted by Gasteiger charge is 2.07. The van der Waals surface area contributed by atoms with E-state index < -0.39 is 0 Å². The summed E-state index contributed by atoms with van der Waals surface area (Å²) in [5, 5.41) is 8.87. The molecule has 0 aromatic heterocycles. The summed E-state index contributed by atoms with van der Waals surface area (Å²) < 4.78 is 0. The van der Waals surface area contributed by atoms with Crippen molar-refractivity contribution < 1.29 is 4.79 Å². The first-order chi connectivity index (χ1) is 6.24. The number of benzene rings is 1. The van der Waals surface area contributed by atoms with Crippen molar-refractivity contribution >= 4 is 18.0 Å². The number of nitrogens with zero attached hydrogens (tertiary/aromatic N) is 1. The van der Waals surface area contributed by atoms with Crippen LogP contribution in [0.15, 0.2) is 17.0 Å². The molecule has 66 valence electrons. The van der Waals surface area contributed by atoms with Gasteiger partial charge in [-0.2, -0.15) is 5.26 Å². The molecule has 0 aliphatic rings. The number of carbonyl (C=O) groups excluding carboxylic acids is 1. The predicted molar refractivity (Wildman–Crippen MR) is 53.1 cm³/mol. The fourth-order valence-corrected chi connectivity index (χ4v) is 1.75. The topological polar surface area (TPSA) is 40.9 Å². The van der Waals surface area contributed by atoms with Crippen molar-refractivity contribution in [3.63, 3.8) is 0 Å². The van der Waals surface area contributed by atoms with E-state index in [1.807, 2.05) is 6.26 Å². The van der Waals surface area contributed by atoms with Gasteiger partial charge in [-0.25, -0.2) is 0 Å². The number of rotatable bonds is 2. The highest BCUT2D eigenvalue weighted by Crippen LogP contribution is 2.24. The van der Waals surface area contributed by atoms with Crippen LogP contribution in [0, 0.1) is 18.3 Å². The second-order valence-corrected chi connectivity index (χ2v) is 3.43. The Labute approximate surface area is 81.6 Å². The molecule has 0 saturated carbocycles. The lowest BCUT2D eigenvalue weighted by Gasteiger charge is -2.05.